The third-order valence-electron chi connectivity index (χ3n) is 4.97. The van der Waals surface area contributed by atoms with Crippen molar-refractivity contribution < 1.29 is 24.0 Å². The maximum Gasteiger partial charge on any atom is 0.271 e. The average molecular weight is 395 g/mol. The number of carbonyl (C=O) groups is 3. The van der Waals surface area contributed by atoms with Crippen LogP contribution in [-0.2, 0) is 4.79 Å². The lowest BCUT2D eigenvalue weighted by Crippen LogP contribution is -2.38. The first kappa shape index (κ1) is 18.6. The zero-order chi connectivity index (χ0) is 20.5. The van der Waals surface area contributed by atoms with Crippen molar-refractivity contribution in [3.8, 4) is 5.75 Å². The number of nitrogens with zero attached hydrogens (tertiary/aromatic N) is 3. The van der Waals surface area contributed by atoms with E-state index in [0.717, 1.165) is 4.90 Å². The van der Waals surface area contributed by atoms with Gasteiger partial charge in [0.2, 0.25) is 5.91 Å². The van der Waals surface area contributed by atoms with Crippen molar-refractivity contribution >= 4 is 29.1 Å². The summed E-state index contributed by atoms with van der Waals surface area (Å²) in [6.07, 6.45) is 0.390. The molecule has 0 aliphatic carbocycles. The SMILES string of the molecule is O=C1c2ccccc2C(=O)N1CCCC(=O)N1CCOc2ccc([N+](=O)[O-])cc21. The zero-order valence-corrected chi connectivity index (χ0v) is 15.4. The Balaban J connectivity index is 1.42. The smallest absolute Gasteiger partial charge is 0.271 e. The van der Waals surface area contributed by atoms with Gasteiger partial charge in [0.05, 0.1) is 28.3 Å². The van der Waals surface area contributed by atoms with Crippen molar-refractivity contribution in [1.82, 2.24) is 4.90 Å². The second-order valence-corrected chi connectivity index (χ2v) is 6.71. The van der Waals surface area contributed by atoms with Gasteiger partial charge in [0.15, 0.2) is 0 Å². The Morgan fingerprint density at radius 1 is 1.10 bits per heavy atom. The Morgan fingerprint density at radius 3 is 2.45 bits per heavy atom. The summed E-state index contributed by atoms with van der Waals surface area (Å²) >= 11 is 0. The van der Waals surface area contributed by atoms with Crippen LogP contribution in [0.4, 0.5) is 11.4 Å². The second kappa shape index (κ2) is 7.34. The van der Waals surface area contributed by atoms with Gasteiger partial charge in [-0.05, 0) is 24.6 Å². The molecule has 0 radical (unpaired) electrons. The van der Waals surface area contributed by atoms with Crippen molar-refractivity contribution in [1.29, 1.82) is 0 Å². The molecular formula is C20H17N3O6. The fraction of sp³-hybridized carbons (Fsp3) is 0.250. The molecule has 4 rings (SSSR count). The number of rotatable bonds is 5. The number of carbonyl (C=O) groups excluding carboxylic acids is 3. The molecule has 2 aliphatic heterocycles. The Hall–Kier alpha value is -3.75. The van der Waals surface area contributed by atoms with Crippen LogP contribution in [0.2, 0.25) is 0 Å². The number of ether oxygens (including phenoxy) is 1. The van der Waals surface area contributed by atoms with E-state index >= 15 is 0 Å². The van der Waals surface area contributed by atoms with Crippen molar-refractivity contribution in [2.45, 2.75) is 12.8 Å². The minimum atomic E-state index is -0.528. The van der Waals surface area contributed by atoms with Crippen LogP contribution in [0.5, 0.6) is 5.75 Å². The third kappa shape index (κ3) is 3.31. The number of nitro groups is 1. The molecule has 3 amide bonds. The van der Waals surface area contributed by atoms with Crippen LogP contribution in [0.15, 0.2) is 42.5 Å². The molecule has 29 heavy (non-hydrogen) atoms. The molecule has 0 N–H and O–H groups in total. The number of imide groups is 1. The Labute approximate surface area is 165 Å². The summed E-state index contributed by atoms with van der Waals surface area (Å²) in [6.45, 7) is 0.694. The van der Waals surface area contributed by atoms with Gasteiger partial charge in [-0.25, -0.2) is 0 Å². The van der Waals surface area contributed by atoms with Gasteiger partial charge in [0.1, 0.15) is 12.4 Å². The van der Waals surface area contributed by atoms with Crippen LogP contribution < -0.4 is 9.64 Å². The third-order valence-corrected chi connectivity index (χ3v) is 4.97. The van der Waals surface area contributed by atoms with Crippen LogP contribution in [0.25, 0.3) is 0 Å². The fourth-order valence-corrected chi connectivity index (χ4v) is 3.54. The standard InChI is InChI=1S/C20H17N3O6/c24-18(21-10-11-29-17-8-7-13(23(27)28)12-16(17)21)6-3-9-22-19(25)14-4-1-2-5-15(14)20(22)26/h1-2,4-5,7-8,12H,3,6,9-11H2. The van der Waals surface area contributed by atoms with Crippen molar-refractivity contribution in [3.63, 3.8) is 0 Å². The van der Waals surface area contributed by atoms with E-state index in [9.17, 15) is 24.5 Å². The van der Waals surface area contributed by atoms with Gasteiger partial charge in [-0.2, -0.15) is 0 Å². The highest BCUT2D eigenvalue weighted by Crippen LogP contribution is 2.35. The summed E-state index contributed by atoms with van der Waals surface area (Å²) in [7, 11) is 0. The lowest BCUT2D eigenvalue weighted by molar-refractivity contribution is -0.384. The molecule has 148 valence electrons. The number of benzene rings is 2. The first-order chi connectivity index (χ1) is 14.0. The highest BCUT2D eigenvalue weighted by Gasteiger charge is 2.35. The van der Waals surface area contributed by atoms with E-state index in [1.807, 2.05) is 0 Å². The molecular weight excluding hydrogens is 378 g/mol. The Morgan fingerprint density at radius 2 is 1.79 bits per heavy atom. The molecule has 0 saturated heterocycles. The van der Waals surface area contributed by atoms with Gasteiger partial charge < -0.3 is 9.64 Å². The van der Waals surface area contributed by atoms with Gasteiger partial charge in [-0.15, -0.1) is 0 Å². The lowest BCUT2D eigenvalue weighted by atomic mass is 10.1. The van der Waals surface area contributed by atoms with Crippen molar-refractivity contribution in [3.05, 3.63) is 63.7 Å². The number of nitro benzene ring substituents is 1. The van der Waals surface area contributed by atoms with Crippen molar-refractivity contribution in [2.75, 3.05) is 24.6 Å². The van der Waals surface area contributed by atoms with Crippen LogP contribution in [0.1, 0.15) is 33.6 Å². The van der Waals surface area contributed by atoms with Gasteiger partial charge >= 0.3 is 0 Å². The summed E-state index contributed by atoms with van der Waals surface area (Å²) in [6, 6.07) is 10.7. The topological polar surface area (TPSA) is 110 Å². The molecule has 0 fully saturated rings. The summed E-state index contributed by atoms with van der Waals surface area (Å²) in [5, 5.41) is 11.0. The highest BCUT2D eigenvalue weighted by atomic mass is 16.6. The average Bonchev–Trinajstić information content (AvgIpc) is 2.97. The molecule has 0 aromatic heterocycles. The number of amides is 3. The van der Waals surface area contributed by atoms with Crippen LogP contribution in [-0.4, -0.2) is 47.2 Å². The summed E-state index contributed by atoms with van der Waals surface area (Å²) in [5.41, 5.74) is 0.978. The second-order valence-electron chi connectivity index (χ2n) is 6.71. The molecule has 0 spiro atoms. The predicted octanol–water partition coefficient (Wildman–Crippen LogP) is 2.40. The van der Waals surface area contributed by atoms with Gasteiger partial charge in [-0.1, -0.05) is 12.1 Å². The lowest BCUT2D eigenvalue weighted by Gasteiger charge is -2.29. The number of fused-ring (bicyclic) bond motifs is 2. The van der Waals surface area contributed by atoms with E-state index in [1.54, 1.807) is 24.3 Å². The molecule has 0 saturated carbocycles. The minimum Gasteiger partial charge on any atom is -0.490 e. The molecule has 2 heterocycles. The first-order valence-electron chi connectivity index (χ1n) is 9.14. The highest BCUT2D eigenvalue weighted by molar-refractivity contribution is 6.21. The molecule has 0 bridgehead atoms. The number of non-ortho nitro benzene ring substituents is 1. The van der Waals surface area contributed by atoms with E-state index in [2.05, 4.69) is 0 Å². The molecule has 0 unspecified atom stereocenters. The normalized spacial score (nSPS) is 15.0. The molecule has 0 atom stereocenters. The monoisotopic (exact) mass is 395 g/mol. The quantitative estimate of drug-likeness (QED) is 0.437. The van der Waals surface area contributed by atoms with Crippen LogP contribution >= 0.6 is 0 Å². The Bertz CT molecular complexity index is 1000. The first-order valence-corrected chi connectivity index (χ1v) is 9.14. The van der Waals surface area contributed by atoms with Crippen LogP contribution in [0, 0.1) is 10.1 Å². The number of hydrogen-bond acceptors (Lipinski definition) is 6. The number of hydrogen-bond donors (Lipinski definition) is 0. The van der Waals surface area contributed by atoms with E-state index in [0.29, 0.717) is 29.0 Å². The molecule has 2 aromatic rings. The number of anilines is 1. The van der Waals surface area contributed by atoms with E-state index < -0.39 is 4.92 Å². The summed E-state index contributed by atoms with van der Waals surface area (Å²) in [5.74, 6) is -0.544. The Kier molecular flexibility index (Phi) is 4.71. The fourth-order valence-electron chi connectivity index (χ4n) is 3.54. The predicted molar refractivity (Wildman–Crippen MR) is 102 cm³/mol. The zero-order valence-electron chi connectivity index (χ0n) is 15.4. The largest absolute Gasteiger partial charge is 0.490 e. The van der Waals surface area contributed by atoms with Gasteiger partial charge in [-0.3, -0.25) is 29.4 Å². The van der Waals surface area contributed by atoms with E-state index in [1.165, 1.54) is 23.1 Å². The molecule has 2 aliphatic rings. The summed E-state index contributed by atoms with van der Waals surface area (Å²) < 4.78 is 5.47. The molecule has 2 aromatic carbocycles. The maximum atomic E-state index is 12.7. The van der Waals surface area contributed by atoms with Crippen molar-refractivity contribution in [2.24, 2.45) is 0 Å². The van der Waals surface area contributed by atoms with E-state index in [4.69, 9.17) is 4.74 Å². The maximum absolute atomic E-state index is 12.7. The minimum absolute atomic E-state index is 0.0928. The van der Waals surface area contributed by atoms with Gasteiger partial charge in [0, 0.05) is 25.1 Å². The van der Waals surface area contributed by atoms with Crippen LogP contribution in [0.3, 0.4) is 0 Å². The van der Waals surface area contributed by atoms with Gasteiger partial charge in [0.25, 0.3) is 17.5 Å². The molecule has 9 nitrogen and oxygen atoms in total. The molecule has 9 heteroatoms. The van der Waals surface area contributed by atoms with E-state index in [-0.39, 0.29) is 49.5 Å². The summed E-state index contributed by atoms with van der Waals surface area (Å²) in [4.78, 5) is 50.6.